The Morgan fingerprint density at radius 2 is 2.19 bits per heavy atom. The van der Waals surface area contributed by atoms with Crippen LogP contribution < -0.4 is 10.6 Å². The molecule has 0 spiro atoms. The van der Waals surface area contributed by atoms with Gasteiger partial charge in [0.05, 0.1) is 6.54 Å². The highest BCUT2D eigenvalue weighted by molar-refractivity contribution is 7.19. The van der Waals surface area contributed by atoms with Gasteiger partial charge in [-0.15, -0.1) is 11.3 Å². The predicted molar refractivity (Wildman–Crippen MR) is 116 cm³/mol. The first kappa shape index (κ1) is 20.1. The van der Waals surface area contributed by atoms with Crippen molar-refractivity contribution in [2.45, 2.75) is 32.8 Å². The summed E-state index contributed by atoms with van der Waals surface area (Å²) in [6, 6.07) is 10.3. The van der Waals surface area contributed by atoms with E-state index in [2.05, 4.69) is 52.6 Å². The van der Waals surface area contributed by atoms with E-state index in [0.717, 1.165) is 37.0 Å². The number of hydrogen-bond donors (Lipinski definition) is 3. The third-order valence-corrected chi connectivity index (χ3v) is 6.37. The predicted octanol–water partition coefficient (Wildman–Crippen LogP) is 3.22. The van der Waals surface area contributed by atoms with Gasteiger partial charge in [0.15, 0.2) is 5.96 Å². The van der Waals surface area contributed by atoms with Gasteiger partial charge in [-0.3, -0.25) is 4.99 Å². The molecule has 0 aliphatic carbocycles. The van der Waals surface area contributed by atoms with E-state index >= 15 is 0 Å². The van der Waals surface area contributed by atoms with Gasteiger partial charge < -0.3 is 20.6 Å². The number of piperidine rings is 1. The quantitative estimate of drug-likeness (QED) is 0.503. The largest absolute Gasteiger partial charge is 0.386 e. The summed E-state index contributed by atoms with van der Waals surface area (Å²) in [6.45, 7) is 9.93. The highest BCUT2D eigenvalue weighted by atomic mass is 32.1. The van der Waals surface area contributed by atoms with Crippen molar-refractivity contribution < 1.29 is 5.11 Å². The Morgan fingerprint density at radius 3 is 2.96 bits per heavy atom. The molecule has 0 bridgehead atoms. The first-order valence-electron chi connectivity index (χ1n) is 10.1. The number of nitrogens with one attached hydrogen (secondary N) is 2. The second kappa shape index (κ2) is 10.1. The van der Waals surface area contributed by atoms with Crippen LogP contribution in [0.25, 0.3) is 10.1 Å². The van der Waals surface area contributed by atoms with E-state index < -0.39 is 6.10 Å². The van der Waals surface area contributed by atoms with Crippen molar-refractivity contribution in [1.82, 2.24) is 15.5 Å². The number of aliphatic hydroxyl groups excluding tert-OH is 1. The molecule has 27 heavy (non-hydrogen) atoms. The average molecular weight is 389 g/mol. The van der Waals surface area contributed by atoms with Gasteiger partial charge in [0.2, 0.25) is 0 Å². The minimum absolute atomic E-state index is 0.369. The van der Waals surface area contributed by atoms with Gasteiger partial charge >= 0.3 is 0 Å². The van der Waals surface area contributed by atoms with Crippen LogP contribution in [0, 0.1) is 5.92 Å². The lowest BCUT2D eigenvalue weighted by Gasteiger charge is -2.32. The molecular formula is C21H32N4OS. The molecule has 1 aliphatic heterocycles. The highest BCUT2D eigenvalue weighted by Crippen LogP contribution is 2.29. The van der Waals surface area contributed by atoms with E-state index in [9.17, 15) is 5.11 Å². The Bertz CT molecular complexity index is 712. The lowest BCUT2D eigenvalue weighted by molar-refractivity contribution is 0.183. The zero-order valence-corrected chi connectivity index (χ0v) is 17.3. The van der Waals surface area contributed by atoms with Crippen LogP contribution in [-0.2, 0) is 0 Å². The van der Waals surface area contributed by atoms with Crippen molar-refractivity contribution in [1.29, 1.82) is 0 Å². The molecule has 1 aromatic carbocycles. The Labute approximate surface area is 166 Å². The van der Waals surface area contributed by atoms with Gasteiger partial charge in [-0.1, -0.05) is 25.1 Å². The molecule has 1 fully saturated rings. The maximum atomic E-state index is 10.6. The fourth-order valence-corrected chi connectivity index (χ4v) is 4.66. The molecular weight excluding hydrogens is 356 g/mol. The molecule has 1 saturated heterocycles. The van der Waals surface area contributed by atoms with Crippen molar-refractivity contribution in [3.05, 3.63) is 35.2 Å². The van der Waals surface area contributed by atoms with Gasteiger partial charge in [-0.25, -0.2) is 0 Å². The van der Waals surface area contributed by atoms with Gasteiger partial charge in [-0.2, -0.15) is 0 Å². The topological polar surface area (TPSA) is 59.9 Å². The van der Waals surface area contributed by atoms with Gasteiger partial charge in [0.1, 0.15) is 6.10 Å². The Kier molecular flexibility index (Phi) is 7.50. The summed E-state index contributed by atoms with van der Waals surface area (Å²) in [5.74, 6) is 1.46. The third-order valence-electron chi connectivity index (χ3n) is 5.15. The molecule has 5 nitrogen and oxygen atoms in total. The number of aliphatic hydroxyl groups is 1. The maximum absolute atomic E-state index is 10.6. The Morgan fingerprint density at radius 1 is 1.33 bits per heavy atom. The van der Waals surface area contributed by atoms with Crippen molar-refractivity contribution >= 4 is 27.4 Å². The Hall–Kier alpha value is -1.63. The molecule has 2 heterocycles. The summed E-state index contributed by atoms with van der Waals surface area (Å²) in [4.78, 5) is 8.11. The number of fused-ring (bicyclic) bond motifs is 1. The third kappa shape index (κ3) is 5.67. The van der Waals surface area contributed by atoms with Crippen molar-refractivity contribution in [2.75, 3.05) is 39.3 Å². The number of hydrogen-bond acceptors (Lipinski definition) is 4. The maximum Gasteiger partial charge on any atom is 0.191 e. The lowest BCUT2D eigenvalue weighted by atomic mass is 9.98. The van der Waals surface area contributed by atoms with Crippen molar-refractivity contribution in [3.63, 3.8) is 0 Å². The monoisotopic (exact) mass is 388 g/mol. The Balaban J connectivity index is 1.56. The molecule has 2 aromatic rings. The molecule has 1 aliphatic rings. The molecule has 148 valence electrons. The fourth-order valence-electron chi connectivity index (χ4n) is 3.62. The van der Waals surface area contributed by atoms with Gasteiger partial charge in [-0.05, 0) is 56.3 Å². The standard InChI is InChI=1S/C21H32N4OS/c1-3-22-21(23-13-16-8-7-11-25(4-2)15-16)24-14-18(26)20-12-17-9-5-6-10-19(17)27-20/h5-6,9-10,12,16,18,26H,3-4,7-8,11,13-15H2,1-2H3,(H2,22,23,24). The zero-order valence-electron chi connectivity index (χ0n) is 16.4. The van der Waals surface area contributed by atoms with Gasteiger partial charge in [0.25, 0.3) is 0 Å². The smallest absolute Gasteiger partial charge is 0.191 e. The zero-order chi connectivity index (χ0) is 19.1. The fraction of sp³-hybridized carbons (Fsp3) is 0.571. The van der Waals surface area contributed by atoms with Crippen LogP contribution in [-0.4, -0.2) is 55.2 Å². The lowest BCUT2D eigenvalue weighted by Crippen LogP contribution is -2.44. The normalized spacial score (nSPS) is 20.0. The van der Waals surface area contributed by atoms with Crippen molar-refractivity contribution in [3.8, 4) is 0 Å². The number of benzene rings is 1. The SMILES string of the molecule is CCNC(=NCC(O)c1cc2ccccc2s1)NCC1CCCN(CC)C1. The van der Waals surface area contributed by atoms with Crippen LogP contribution in [0.5, 0.6) is 0 Å². The molecule has 3 N–H and O–H groups in total. The van der Waals surface area contributed by atoms with Crippen LogP contribution in [0.3, 0.4) is 0 Å². The molecule has 0 radical (unpaired) electrons. The average Bonchev–Trinajstić information content (AvgIpc) is 3.14. The van der Waals surface area contributed by atoms with E-state index in [1.165, 1.54) is 29.5 Å². The highest BCUT2D eigenvalue weighted by Gasteiger charge is 2.19. The summed E-state index contributed by atoms with van der Waals surface area (Å²) in [6.07, 6.45) is 1.98. The summed E-state index contributed by atoms with van der Waals surface area (Å²) < 4.78 is 1.21. The molecule has 3 rings (SSSR count). The van der Waals surface area contributed by atoms with Crippen LogP contribution in [0.2, 0.25) is 0 Å². The first-order chi connectivity index (χ1) is 13.2. The summed E-state index contributed by atoms with van der Waals surface area (Å²) in [5.41, 5.74) is 0. The van der Waals surface area contributed by atoms with Crippen LogP contribution in [0.15, 0.2) is 35.3 Å². The summed E-state index contributed by atoms with van der Waals surface area (Å²) in [5, 5.41) is 18.5. The number of thiophene rings is 1. The minimum Gasteiger partial charge on any atom is -0.386 e. The van der Waals surface area contributed by atoms with Crippen LogP contribution >= 0.6 is 11.3 Å². The van der Waals surface area contributed by atoms with E-state index in [1.807, 2.05) is 12.1 Å². The molecule has 1 aromatic heterocycles. The number of aliphatic imine (C=N–C) groups is 1. The molecule has 2 atom stereocenters. The number of likely N-dealkylation sites (tertiary alicyclic amines) is 1. The van der Waals surface area contributed by atoms with Gasteiger partial charge in [0, 0.05) is 29.2 Å². The first-order valence-corrected chi connectivity index (χ1v) is 10.9. The van der Waals surface area contributed by atoms with E-state index in [-0.39, 0.29) is 0 Å². The molecule has 6 heteroatoms. The summed E-state index contributed by atoms with van der Waals surface area (Å²) >= 11 is 1.64. The van der Waals surface area contributed by atoms with Crippen LogP contribution in [0.1, 0.15) is 37.7 Å². The summed E-state index contributed by atoms with van der Waals surface area (Å²) in [7, 11) is 0. The van der Waals surface area contributed by atoms with E-state index in [4.69, 9.17) is 0 Å². The number of guanidine groups is 1. The molecule has 0 amide bonds. The second-order valence-corrected chi connectivity index (χ2v) is 8.32. The number of nitrogens with zero attached hydrogens (tertiary/aromatic N) is 2. The van der Waals surface area contributed by atoms with E-state index in [1.54, 1.807) is 11.3 Å². The second-order valence-electron chi connectivity index (χ2n) is 7.20. The molecule has 0 saturated carbocycles. The number of rotatable bonds is 7. The van der Waals surface area contributed by atoms with Crippen LogP contribution in [0.4, 0.5) is 0 Å². The van der Waals surface area contributed by atoms with E-state index in [0.29, 0.717) is 12.5 Å². The van der Waals surface area contributed by atoms with Crippen molar-refractivity contribution in [2.24, 2.45) is 10.9 Å². The minimum atomic E-state index is -0.567. The molecule has 2 unspecified atom stereocenters.